The van der Waals surface area contributed by atoms with Crippen molar-refractivity contribution in [1.29, 1.82) is 0 Å². The molecule has 0 atom stereocenters. The molecule has 0 unspecified atom stereocenters. The quantitative estimate of drug-likeness (QED) is 0.0443. The number of carbonyl (C=O) groups is 2. The van der Waals surface area contributed by atoms with Crippen molar-refractivity contribution >= 4 is 23.6 Å². The zero-order valence-electron chi connectivity index (χ0n) is 47.1. The van der Waals surface area contributed by atoms with E-state index in [9.17, 15) is 9.59 Å². The predicted octanol–water partition coefficient (Wildman–Crippen LogP) is 15.9. The number of esters is 2. The zero-order chi connectivity index (χ0) is 51.8. The van der Waals surface area contributed by atoms with Crippen molar-refractivity contribution in [2.75, 3.05) is 26.2 Å². The first-order chi connectivity index (χ1) is 33.9. The monoisotopic (exact) mass is 975 g/mol. The van der Waals surface area contributed by atoms with Crippen LogP contribution in [0.15, 0.2) is 52.4 Å². The standard InChI is InChI=1S/C35H52N2O2.C28H46N2O2/c1-7-8-9-10-11-12-13-14-18-21-33(38)39-34-28(3)30(27(2)24-31(34)35(4,5)6)25-32-36-22-23-37(32)26-29-19-16-15-17-20-29;1-7-8-9-10-11-12-13-14-15-16-26(31)32-27-22(3)23(20-25-29-17-18-30-25)21(2)19-24(27)28(4,5)6/h15-17,19-20,24H,7-14,18,21-23,25-26H2,1-6H3;19H,7-18,20H2,1-6H3,(H,29,30). The maximum Gasteiger partial charge on any atom is 0.311 e. The predicted molar refractivity (Wildman–Crippen MR) is 301 cm³/mol. The zero-order valence-corrected chi connectivity index (χ0v) is 47.1. The molecular weight excluding hydrogens is 877 g/mol. The van der Waals surface area contributed by atoms with Crippen LogP contribution in [0.2, 0.25) is 0 Å². The van der Waals surface area contributed by atoms with E-state index in [1.54, 1.807) is 0 Å². The second kappa shape index (κ2) is 30.5. The molecule has 5 rings (SSSR count). The van der Waals surface area contributed by atoms with Crippen LogP contribution in [0.4, 0.5) is 0 Å². The van der Waals surface area contributed by atoms with Gasteiger partial charge in [-0.3, -0.25) is 19.6 Å². The molecule has 3 aromatic rings. The molecule has 2 heterocycles. The van der Waals surface area contributed by atoms with Gasteiger partial charge < -0.3 is 19.7 Å². The van der Waals surface area contributed by atoms with E-state index < -0.39 is 0 Å². The molecule has 2 aliphatic heterocycles. The highest BCUT2D eigenvalue weighted by Crippen LogP contribution is 2.40. The number of unbranched alkanes of at least 4 members (excludes halogenated alkanes) is 16. The van der Waals surface area contributed by atoms with E-state index in [0.29, 0.717) is 12.8 Å². The largest absolute Gasteiger partial charge is 0.426 e. The van der Waals surface area contributed by atoms with E-state index >= 15 is 0 Å². The summed E-state index contributed by atoms with van der Waals surface area (Å²) in [4.78, 5) is 37.5. The highest BCUT2D eigenvalue weighted by atomic mass is 16.5. The van der Waals surface area contributed by atoms with Gasteiger partial charge in [-0.1, -0.05) is 201 Å². The van der Waals surface area contributed by atoms with Crippen molar-refractivity contribution in [3.8, 4) is 11.5 Å². The van der Waals surface area contributed by atoms with Crippen LogP contribution >= 0.6 is 0 Å². The molecule has 1 N–H and O–H groups in total. The number of amidine groups is 2. The highest BCUT2D eigenvalue weighted by molar-refractivity contribution is 5.87. The number of nitrogens with zero attached hydrogens (tertiary/aromatic N) is 3. The molecule has 0 aliphatic carbocycles. The Kier molecular flexibility index (Phi) is 25.4. The fraction of sp³-hybridized carbons (Fsp3) is 0.651. The van der Waals surface area contributed by atoms with Gasteiger partial charge in [0.05, 0.1) is 13.1 Å². The van der Waals surface area contributed by atoms with E-state index in [2.05, 4.69) is 141 Å². The number of aryl methyl sites for hydroxylation is 2. The number of carbonyl (C=O) groups excluding carboxylic acids is 2. The number of aliphatic imine (C=N–C) groups is 2. The van der Waals surface area contributed by atoms with E-state index in [0.717, 1.165) is 117 Å². The maximum atomic E-state index is 13.0. The summed E-state index contributed by atoms with van der Waals surface area (Å²) in [6.45, 7) is 30.6. The van der Waals surface area contributed by atoms with Gasteiger partial charge >= 0.3 is 11.9 Å². The second-order valence-electron chi connectivity index (χ2n) is 22.8. The molecule has 0 fully saturated rings. The van der Waals surface area contributed by atoms with Gasteiger partial charge in [0.25, 0.3) is 0 Å². The molecule has 8 heteroatoms. The van der Waals surface area contributed by atoms with Crippen LogP contribution in [-0.4, -0.2) is 54.7 Å². The van der Waals surface area contributed by atoms with Gasteiger partial charge in [0.2, 0.25) is 0 Å². The molecule has 394 valence electrons. The first kappa shape index (κ1) is 59.1. The Morgan fingerprint density at radius 1 is 0.577 bits per heavy atom. The summed E-state index contributed by atoms with van der Waals surface area (Å²) in [6, 6.07) is 15.0. The third-order valence-corrected chi connectivity index (χ3v) is 14.4. The average molecular weight is 976 g/mol. The lowest BCUT2D eigenvalue weighted by molar-refractivity contribution is -0.135. The Bertz CT molecular complexity index is 2160. The lowest BCUT2D eigenvalue weighted by atomic mass is 9.82. The van der Waals surface area contributed by atoms with E-state index in [4.69, 9.17) is 14.5 Å². The van der Waals surface area contributed by atoms with Gasteiger partial charge in [-0.2, -0.15) is 0 Å². The molecule has 0 bridgehead atoms. The Hall–Kier alpha value is -4.46. The van der Waals surface area contributed by atoms with Crippen LogP contribution in [0, 0.1) is 27.7 Å². The summed E-state index contributed by atoms with van der Waals surface area (Å²) < 4.78 is 12.2. The summed E-state index contributed by atoms with van der Waals surface area (Å²) in [5.41, 5.74) is 10.4. The van der Waals surface area contributed by atoms with E-state index in [1.807, 2.05) is 0 Å². The number of nitrogens with one attached hydrogen (secondary N) is 1. The van der Waals surface area contributed by atoms with Gasteiger partial charge in [-0.05, 0) is 90.3 Å². The summed E-state index contributed by atoms with van der Waals surface area (Å²) in [7, 11) is 0. The maximum absolute atomic E-state index is 13.0. The molecule has 0 saturated carbocycles. The smallest absolute Gasteiger partial charge is 0.311 e. The van der Waals surface area contributed by atoms with E-state index in [-0.39, 0.29) is 22.8 Å². The number of hydrogen-bond acceptors (Lipinski definition) is 8. The summed E-state index contributed by atoms with van der Waals surface area (Å²) in [6.07, 6.45) is 24.9. The molecular formula is C63H98N4O4. The van der Waals surface area contributed by atoms with E-state index in [1.165, 1.54) is 118 Å². The van der Waals surface area contributed by atoms with Gasteiger partial charge in [-0.15, -0.1) is 0 Å². The average Bonchev–Trinajstić information content (AvgIpc) is 4.01. The SMILES string of the molecule is CCCCCCCCCCCC(=O)Oc1c(C(C)(C)C)cc(C)c(CC2=NCCN2)c1C.CCCCCCCCCCCC(=O)Oc1c(C(C)(C)C)cc(C)c(CC2=NCCN2Cc2ccccc2)c1C. The minimum atomic E-state index is -0.119. The lowest BCUT2D eigenvalue weighted by Crippen LogP contribution is -2.29. The normalized spacial score (nSPS) is 13.7. The fourth-order valence-electron chi connectivity index (χ4n) is 9.98. The molecule has 0 aromatic heterocycles. The van der Waals surface area contributed by atoms with Crippen LogP contribution in [0.5, 0.6) is 11.5 Å². The van der Waals surface area contributed by atoms with Crippen molar-refractivity contribution in [3.63, 3.8) is 0 Å². The summed E-state index contributed by atoms with van der Waals surface area (Å²) in [5, 5.41) is 3.37. The number of benzene rings is 3. The van der Waals surface area contributed by atoms with Crippen molar-refractivity contribution in [1.82, 2.24) is 10.2 Å². The van der Waals surface area contributed by atoms with Crippen LogP contribution in [0.25, 0.3) is 0 Å². The molecule has 8 nitrogen and oxygen atoms in total. The Labute approximate surface area is 433 Å². The van der Waals surface area contributed by atoms with Crippen molar-refractivity contribution < 1.29 is 19.1 Å². The van der Waals surface area contributed by atoms with Gasteiger partial charge in [0, 0.05) is 56.4 Å². The van der Waals surface area contributed by atoms with Gasteiger partial charge in [0.15, 0.2) is 0 Å². The highest BCUT2D eigenvalue weighted by Gasteiger charge is 2.28. The number of hydrogen-bond donors (Lipinski definition) is 1. The third-order valence-electron chi connectivity index (χ3n) is 14.4. The molecule has 3 aromatic carbocycles. The first-order valence-corrected chi connectivity index (χ1v) is 28.2. The Morgan fingerprint density at radius 2 is 1.01 bits per heavy atom. The Balaban J connectivity index is 0.000000315. The molecule has 0 saturated heterocycles. The fourth-order valence-corrected chi connectivity index (χ4v) is 9.98. The van der Waals surface area contributed by atoms with Crippen LogP contribution in [0.1, 0.15) is 234 Å². The van der Waals surface area contributed by atoms with Gasteiger partial charge in [0.1, 0.15) is 23.2 Å². The molecule has 0 amide bonds. The lowest BCUT2D eigenvalue weighted by Gasteiger charge is -2.27. The van der Waals surface area contributed by atoms with Crippen LogP contribution in [-0.2, 0) is 39.8 Å². The summed E-state index contributed by atoms with van der Waals surface area (Å²) in [5.74, 6) is 3.47. The topological polar surface area (TPSA) is 92.6 Å². The molecule has 2 aliphatic rings. The Morgan fingerprint density at radius 3 is 1.44 bits per heavy atom. The molecule has 0 radical (unpaired) electrons. The van der Waals surface area contributed by atoms with Crippen molar-refractivity contribution in [2.24, 2.45) is 9.98 Å². The van der Waals surface area contributed by atoms with Crippen LogP contribution < -0.4 is 14.8 Å². The number of ether oxygens (including phenoxy) is 2. The molecule has 0 spiro atoms. The van der Waals surface area contributed by atoms with Gasteiger partial charge in [-0.25, -0.2) is 0 Å². The minimum absolute atomic E-state index is 0.0927. The third kappa shape index (κ3) is 20.2. The van der Waals surface area contributed by atoms with Crippen LogP contribution in [0.3, 0.4) is 0 Å². The second-order valence-corrected chi connectivity index (χ2v) is 22.8. The minimum Gasteiger partial charge on any atom is -0.426 e. The van der Waals surface area contributed by atoms with Crippen molar-refractivity contribution in [3.05, 3.63) is 92.5 Å². The summed E-state index contributed by atoms with van der Waals surface area (Å²) >= 11 is 0. The van der Waals surface area contributed by atoms with Crippen molar-refractivity contribution in [2.45, 2.75) is 242 Å². The number of rotatable bonds is 28. The first-order valence-electron chi connectivity index (χ1n) is 28.2. The molecule has 71 heavy (non-hydrogen) atoms.